The molecule has 0 aromatic heterocycles. The lowest BCUT2D eigenvalue weighted by Crippen LogP contribution is -2.79. The summed E-state index contributed by atoms with van der Waals surface area (Å²) in [5.74, 6) is -0.580. The second kappa shape index (κ2) is 8.15. The number of carbonyl (C=O) groups excluding carboxylic acids is 2. The molecule has 3 unspecified atom stereocenters. The minimum absolute atomic E-state index is 0.160. The van der Waals surface area contributed by atoms with Crippen LogP contribution in [0.3, 0.4) is 0 Å². The van der Waals surface area contributed by atoms with Crippen molar-refractivity contribution in [3.8, 4) is 0 Å². The minimum atomic E-state index is -1.34. The zero-order chi connectivity index (χ0) is 22.5. The van der Waals surface area contributed by atoms with Gasteiger partial charge in [0.1, 0.15) is 0 Å². The van der Waals surface area contributed by atoms with Gasteiger partial charge in [0.15, 0.2) is 0 Å². The van der Waals surface area contributed by atoms with Crippen LogP contribution in [0, 0.1) is 11.8 Å². The van der Waals surface area contributed by atoms with E-state index in [1.54, 1.807) is 0 Å². The zero-order valence-corrected chi connectivity index (χ0v) is 19.3. The fourth-order valence-corrected chi connectivity index (χ4v) is 7.36. The van der Waals surface area contributed by atoms with Crippen molar-refractivity contribution in [1.82, 2.24) is 4.90 Å². The molecule has 6 rings (SSSR count). The Balaban J connectivity index is 1.20. The normalized spacial score (nSPS) is 33.1. The van der Waals surface area contributed by atoms with Crippen LogP contribution in [0.5, 0.6) is 0 Å². The first-order valence-corrected chi connectivity index (χ1v) is 12.8. The number of ether oxygens (including phenoxy) is 2. The summed E-state index contributed by atoms with van der Waals surface area (Å²) in [5, 5.41) is 0. The first kappa shape index (κ1) is 21.2. The monoisotopic (exact) mass is 450 g/mol. The molecule has 5 aliphatic rings. The molecule has 3 atom stereocenters. The van der Waals surface area contributed by atoms with Gasteiger partial charge in [0, 0.05) is 37.0 Å². The summed E-state index contributed by atoms with van der Waals surface area (Å²) in [6.07, 6.45) is 14.6. The molecule has 3 aliphatic heterocycles. The molecule has 0 bridgehead atoms. The summed E-state index contributed by atoms with van der Waals surface area (Å²) >= 11 is 0. The fraction of sp³-hybridized carbons (Fsp3) is 0.630. The second-order valence-electron chi connectivity index (χ2n) is 10.7. The van der Waals surface area contributed by atoms with Crippen molar-refractivity contribution in [2.45, 2.75) is 81.7 Å². The molecule has 1 aromatic rings. The van der Waals surface area contributed by atoms with Gasteiger partial charge in [-0.05, 0) is 49.7 Å². The van der Waals surface area contributed by atoms with Crippen LogP contribution in [-0.4, -0.2) is 47.4 Å². The largest absolute Gasteiger partial charge is 0.400 e. The van der Waals surface area contributed by atoms with Gasteiger partial charge in [0.2, 0.25) is 0 Å². The molecule has 176 valence electrons. The third-order valence-corrected chi connectivity index (χ3v) is 8.96. The minimum Gasteiger partial charge on any atom is -0.400 e. The van der Waals surface area contributed by atoms with E-state index in [-0.39, 0.29) is 5.54 Å². The molecule has 6 nitrogen and oxygen atoms in total. The van der Waals surface area contributed by atoms with E-state index >= 15 is 0 Å². The van der Waals surface area contributed by atoms with Crippen molar-refractivity contribution in [3.05, 3.63) is 42.5 Å². The maximum atomic E-state index is 12.3. The van der Waals surface area contributed by atoms with Gasteiger partial charge in [-0.1, -0.05) is 50.3 Å². The Morgan fingerprint density at radius 1 is 0.848 bits per heavy atom. The number of hydrogen-bond acceptors (Lipinski definition) is 6. The summed E-state index contributed by atoms with van der Waals surface area (Å²) in [7, 11) is 0. The second-order valence-corrected chi connectivity index (χ2v) is 10.7. The quantitative estimate of drug-likeness (QED) is 0.623. The number of nitrogens with zero attached hydrogens (tertiary/aromatic N) is 2. The molecule has 2 aliphatic carbocycles. The van der Waals surface area contributed by atoms with Crippen molar-refractivity contribution in [2.24, 2.45) is 11.8 Å². The average molecular weight is 451 g/mol. The van der Waals surface area contributed by atoms with Crippen molar-refractivity contribution < 1.29 is 19.1 Å². The third-order valence-electron chi connectivity index (χ3n) is 8.96. The molecular weight excluding hydrogens is 416 g/mol. The van der Waals surface area contributed by atoms with E-state index in [2.05, 4.69) is 9.80 Å². The lowest BCUT2D eigenvalue weighted by atomic mass is 9.62. The van der Waals surface area contributed by atoms with Crippen LogP contribution in [0.1, 0.15) is 64.2 Å². The van der Waals surface area contributed by atoms with Crippen molar-refractivity contribution in [2.75, 3.05) is 18.0 Å². The number of para-hydroxylation sites is 1. The van der Waals surface area contributed by atoms with Crippen LogP contribution in [0.2, 0.25) is 0 Å². The maximum absolute atomic E-state index is 12.3. The van der Waals surface area contributed by atoms with Gasteiger partial charge < -0.3 is 9.47 Å². The molecule has 2 saturated carbocycles. The first-order chi connectivity index (χ1) is 16.1. The highest BCUT2D eigenvalue weighted by molar-refractivity contribution is 5.94. The molecule has 3 heterocycles. The highest BCUT2D eigenvalue weighted by atomic mass is 16.8. The van der Waals surface area contributed by atoms with E-state index in [0.717, 1.165) is 61.6 Å². The topological polar surface area (TPSA) is 59.1 Å². The Kier molecular flexibility index (Phi) is 5.24. The Morgan fingerprint density at radius 3 is 2.21 bits per heavy atom. The number of likely N-dealkylation sites (tertiary alicyclic amines) is 1. The van der Waals surface area contributed by atoms with E-state index in [1.807, 2.05) is 30.3 Å². The number of benzene rings is 1. The molecule has 0 radical (unpaired) electrons. The maximum Gasteiger partial charge on any atom is 0.345 e. The number of rotatable bonds is 2. The molecule has 6 heteroatoms. The smallest absolute Gasteiger partial charge is 0.345 e. The Morgan fingerprint density at radius 2 is 1.52 bits per heavy atom. The predicted molar refractivity (Wildman–Crippen MR) is 124 cm³/mol. The molecule has 0 amide bonds. The number of hydrogen-bond donors (Lipinski definition) is 0. The van der Waals surface area contributed by atoms with Crippen LogP contribution < -0.4 is 4.90 Å². The van der Waals surface area contributed by atoms with E-state index in [0.29, 0.717) is 6.42 Å². The number of fused-ring (bicyclic) bond motifs is 1. The molecule has 2 spiro atoms. The number of esters is 2. The standard InChI is InChI=1S/C27H34N2O4/c30-24-12-13-25(31)33-27(32-24)19-26(29(27)21-9-5-3-6-10-21)14-16-28(17-15-26)23-18-20-8-4-1-2-7-11-22(20)23/h3,5-6,9-10,12-13,20,22-23H,1-2,4,7-8,11,14-19H2. The average Bonchev–Trinajstić information content (AvgIpc) is 2.93. The van der Waals surface area contributed by atoms with Gasteiger partial charge in [0.05, 0.1) is 12.0 Å². The van der Waals surface area contributed by atoms with Crippen molar-refractivity contribution in [1.29, 1.82) is 0 Å². The Labute approximate surface area is 195 Å². The van der Waals surface area contributed by atoms with Crippen molar-refractivity contribution in [3.63, 3.8) is 0 Å². The zero-order valence-electron chi connectivity index (χ0n) is 19.3. The molecule has 1 aromatic carbocycles. The first-order valence-electron chi connectivity index (χ1n) is 12.8. The number of carbonyl (C=O) groups is 2. The predicted octanol–water partition coefficient (Wildman–Crippen LogP) is 4.40. The van der Waals surface area contributed by atoms with Gasteiger partial charge in [-0.15, -0.1) is 0 Å². The SMILES string of the molecule is O=C1C=CC(=O)OC2(CC3(CCN(C4CC5CCCCCCC54)CC3)N2c2ccccc2)O1. The fourth-order valence-electron chi connectivity index (χ4n) is 7.36. The van der Waals surface area contributed by atoms with Gasteiger partial charge >= 0.3 is 17.8 Å². The summed E-state index contributed by atoms with van der Waals surface area (Å²) in [5.41, 5.74) is 0.774. The molecule has 2 saturated heterocycles. The lowest BCUT2D eigenvalue weighted by Gasteiger charge is -2.66. The van der Waals surface area contributed by atoms with E-state index in [4.69, 9.17) is 9.47 Å². The van der Waals surface area contributed by atoms with Gasteiger partial charge in [0.25, 0.3) is 0 Å². The summed E-state index contributed by atoms with van der Waals surface area (Å²) in [4.78, 5) is 29.4. The van der Waals surface area contributed by atoms with Crippen LogP contribution in [0.15, 0.2) is 42.5 Å². The molecule has 33 heavy (non-hydrogen) atoms. The number of anilines is 1. The summed E-state index contributed by atoms with van der Waals surface area (Å²) < 4.78 is 11.5. The summed E-state index contributed by atoms with van der Waals surface area (Å²) in [6.45, 7) is 2.10. The third kappa shape index (κ3) is 3.58. The van der Waals surface area contributed by atoms with Gasteiger partial charge in [-0.2, -0.15) is 0 Å². The van der Waals surface area contributed by atoms with E-state index in [1.165, 1.54) is 44.9 Å². The number of piperidine rings is 1. The van der Waals surface area contributed by atoms with Gasteiger partial charge in [-0.3, -0.25) is 9.80 Å². The van der Waals surface area contributed by atoms with Crippen LogP contribution in [0.4, 0.5) is 5.69 Å². The van der Waals surface area contributed by atoms with Crippen LogP contribution >= 0.6 is 0 Å². The molecule has 0 N–H and O–H groups in total. The highest BCUT2D eigenvalue weighted by Gasteiger charge is 2.68. The molecular formula is C27H34N2O4. The van der Waals surface area contributed by atoms with E-state index < -0.39 is 17.8 Å². The summed E-state index contributed by atoms with van der Waals surface area (Å²) in [6, 6.07) is 10.7. The van der Waals surface area contributed by atoms with Crippen LogP contribution in [-0.2, 0) is 19.1 Å². The molecule has 4 fully saturated rings. The van der Waals surface area contributed by atoms with E-state index in [9.17, 15) is 9.59 Å². The Bertz CT molecular complexity index is 917. The lowest BCUT2D eigenvalue weighted by molar-refractivity contribution is -0.268. The Hall–Kier alpha value is -2.34. The van der Waals surface area contributed by atoms with Gasteiger partial charge in [-0.25, -0.2) is 9.59 Å². The highest BCUT2D eigenvalue weighted by Crippen LogP contribution is 2.56. The van der Waals surface area contributed by atoms with Crippen LogP contribution in [0.25, 0.3) is 0 Å². The van der Waals surface area contributed by atoms with Crippen molar-refractivity contribution >= 4 is 17.6 Å².